The lowest BCUT2D eigenvalue weighted by Gasteiger charge is -2.47. The van der Waals surface area contributed by atoms with Crippen LogP contribution in [0, 0.1) is 24.2 Å². The van der Waals surface area contributed by atoms with E-state index in [1.165, 1.54) is 11.1 Å². The van der Waals surface area contributed by atoms with Crippen molar-refractivity contribution in [3.8, 4) is 0 Å². The minimum atomic E-state index is -2.29. The first-order chi connectivity index (χ1) is 25.6. The smallest absolute Gasteiger partial charge is 0.192 e. The Labute approximate surface area is 358 Å². The molecule has 6 nitrogen and oxygen atoms in total. The highest BCUT2D eigenvalue weighted by Gasteiger charge is 2.50. The molecule has 0 aliphatic heterocycles. The Morgan fingerprint density at radius 2 is 1.33 bits per heavy atom. The highest BCUT2D eigenvalue weighted by atomic mass is 32.1. The van der Waals surface area contributed by atoms with Crippen molar-refractivity contribution in [3.05, 3.63) is 46.0 Å². The van der Waals surface area contributed by atoms with Gasteiger partial charge >= 0.3 is 0 Å². The van der Waals surface area contributed by atoms with Crippen LogP contribution >= 0.6 is 11.3 Å². The first kappa shape index (κ1) is 53.7. The molecule has 1 aromatic rings. The molecule has 0 amide bonds. The van der Waals surface area contributed by atoms with E-state index in [0.717, 1.165) is 42.7 Å². The third-order valence-corrected chi connectivity index (χ3v) is 27.9. The van der Waals surface area contributed by atoms with Gasteiger partial charge in [0.05, 0.1) is 29.0 Å². The molecule has 57 heavy (non-hydrogen) atoms. The zero-order valence-corrected chi connectivity index (χ0v) is 44.4. The summed E-state index contributed by atoms with van der Waals surface area (Å²) < 4.78 is 21.2. The lowest BCUT2D eigenvalue weighted by molar-refractivity contribution is -0.141. The lowest BCUT2D eigenvalue weighted by Crippen LogP contribution is -2.54. The fourth-order valence-electron chi connectivity index (χ4n) is 6.34. The average molecular weight is 863 g/mol. The highest BCUT2D eigenvalue weighted by Crippen LogP contribution is 2.45. The van der Waals surface area contributed by atoms with E-state index < -0.39 is 42.4 Å². The van der Waals surface area contributed by atoms with Gasteiger partial charge in [-0.2, -0.15) is 0 Å². The maximum Gasteiger partial charge on any atom is 0.192 e. The first-order valence-electron chi connectivity index (χ1n) is 21.5. The maximum atomic E-state index is 15.0. The van der Waals surface area contributed by atoms with Gasteiger partial charge in [0.2, 0.25) is 0 Å². The molecule has 10 heteroatoms. The van der Waals surface area contributed by atoms with E-state index in [9.17, 15) is 4.79 Å². The van der Waals surface area contributed by atoms with Crippen LogP contribution in [0.5, 0.6) is 0 Å². The molecule has 0 radical (unpaired) electrons. The summed E-state index contributed by atoms with van der Waals surface area (Å²) in [7, 11) is -6.60. The molecule has 0 aliphatic carbocycles. The van der Waals surface area contributed by atoms with Gasteiger partial charge in [-0.3, -0.25) is 4.79 Å². The van der Waals surface area contributed by atoms with Crippen LogP contribution in [0.3, 0.4) is 0 Å². The van der Waals surface area contributed by atoms with E-state index in [0.29, 0.717) is 6.42 Å². The summed E-state index contributed by atoms with van der Waals surface area (Å²) in [5.74, 6) is -0.174. The van der Waals surface area contributed by atoms with Crippen molar-refractivity contribution in [1.82, 2.24) is 4.98 Å². The van der Waals surface area contributed by atoms with Crippen LogP contribution in [-0.4, -0.2) is 60.3 Å². The highest BCUT2D eigenvalue weighted by molar-refractivity contribution is 7.09. The minimum Gasteiger partial charge on any atom is -0.413 e. The van der Waals surface area contributed by atoms with Gasteiger partial charge < -0.3 is 18.1 Å². The van der Waals surface area contributed by atoms with Crippen molar-refractivity contribution in [3.63, 3.8) is 0 Å². The number of hydrogen-bond acceptors (Lipinski definition) is 7. The molecular formula is C47H87NO5SSi3. The van der Waals surface area contributed by atoms with Crippen molar-refractivity contribution in [2.75, 3.05) is 0 Å². The maximum absolute atomic E-state index is 15.0. The number of allylic oxidation sites excluding steroid dienone is 2. The van der Waals surface area contributed by atoms with E-state index in [2.05, 4.69) is 146 Å². The van der Waals surface area contributed by atoms with Gasteiger partial charge in [0.15, 0.2) is 25.0 Å². The van der Waals surface area contributed by atoms with Crippen molar-refractivity contribution < 1.29 is 22.9 Å². The van der Waals surface area contributed by atoms with Gasteiger partial charge in [-0.15, -0.1) is 17.9 Å². The molecule has 1 heterocycles. The summed E-state index contributed by atoms with van der Waals surface area (Å²) in [6.07, 6.45) is 10.9. The van der Waals surface area contributed by atoms with Gasteiger partial charge in [-0.05, 0) is 125 Å². The van der Waals surface area contributed by atoms with Crippen molar-refractivity contribution in [2.45, 2.75) is 215 Å². The second kappa shape index (κ2) is 21.0. The zero-order valence-electron chi connectivity index (χ0n) is 40.6. The average Bonchev–Trinajstić information content (AvgIpc) is 3.46. The topological polar surface area (TPSA) is 74.7 Å². The Bertz CT molecular complexity index is 1520. The monoisotopic (exact) mass is 862 g/mol. The quantitative estimate of drug-likeness (QED) is 0.0620. The third kappa shape index (κ3) is 15.6. The first-order valence-corrected chi connectivity index (χ1v) is 31.1. The molecule has 0 spiro atoms. The standard InChI is InChI=1S/C47H87NO5SSi3/c1-23-25-39(43(50)47(15,16)41(30-31-49)52-56(19,20)45(9,10)11)42(53-57(21,22)46(12,13)14)35(3)27-24-26-34(2)28-29-40(51-55(17,18)44(6,7)8)36(4)32-38-33-54-37(5)48-38/h23,28,31-33,35,39-42H,1,24-27,29-30H2,2-22H3/b34-28+,36-32+/t35-,39+,40-,41-,42-/m0/s1. The fourth-order valence-corrected chi connectivity index (χ4v) is 11.1. The summed E-state index contributed by atoms with van der Waals surface area (Å²) in [5, 5.41) is 3.21. The normalized spacial score (nSPS) is 17.2. The van der Waals surface area contributed by atoms with Crippen LogP contribution in [0.15, 0.2) is 35.3 Å². The number of nitrogens with zero attached hydrogens (tertiary/aromatic N) is 1. The molecule has 0 fully saturated rings. The summed E-state index contributed by atoms with van der Waals surface area (Å²) >= 11 is 1.68. The van der Waals surface area contributed by atoms with E-state index in [4.69, 9.17) is 18.3 Å². The molecular weight excluding hydrogens is 775 g/mol. The van der Waals surface area contributed by atoms with Crippen LogP contribution < -0.4 is 0 Å². The number of Topliss-reactive ketones (excluding diaryl/α,β-unsaturated/α-hetero) is 1. The van der Waals surface area contributed by atoms with Crippen molar-refractivity contribution in [2.24, 2.45) is 17.3 Å². The number of ketones is 1. The molecule has 0 N–H and O–H groups in total. The molecule has 0 saturated heterocycles. The molecule has 0 aliphatic rings. The Hall–Kier alpha value is -1.28. The predicted octanol–water partition coefficient (Wildman–Crippen LogP) is 14.5. The van der Waals surface area contributed by atoms with Crippen LogP contribution in [0.4, 0.5) is 0 Å². The third-order valence-electron chi connectivity index (χ3n) is 13.6. The zero-order chi connectivity index (χ0) is 44.6. The largest absolute Gasteiger partial charge is 0.413 e. The summed E-state index contributed by atoms with van der Waals surface area (Å²) in [6.45, 7) is 50.7. The van der Waals surface area contributed by atoms with Gasteiger partial charge in [0, 0.05) is 23.1 Å². The van der Waals surface area contributed by atoms with Gasteiger partial charge in [0.1, 0.15) is 12.1 Å². The molecule has 0 unspecified atom stereocenters. The Morgan fingerprint density at radius 1 is 0.825 bits per heavy atom. The minimum absolute atomic E-state index is 0.0122. The second-order valence-electron chi connectivity index (χ2n) is 22.0. The number of carbonyl (C=O) groups excluding carboxylic acids is 2. The molecule has 0 aromatic carbocycles. The molecule has 1 rings (SSSR count). The molecule has 328 valence electrons. The van der Waals surface area contributed by atoms with Crippen molar-refractivity contribution >= 4 is 54.4 Å². The summed E-state index contributed by atoms with van der Waals surface area (Å²) in [4.78, 5) is 31.8. The van der Waals surface area contributed by atoms with E-state index >= 15 is 4.79 Å². The molecule has 0 bridgehead atoms. The van der Waals surface area contributed by atoms with E-state index in [1.807, 2.05) is 26.8 Å². The van der Waals surface area contributed by atoms with Gasteiger partial charge in [-0.1, -0.05) is 101 Å². The van der Waals surface area contributed by atoms with E-state index in [-0.39, 0.29) is 45.4 Å². The number of hydrogen-bond donors (Lipinski definition) is 0. The summed E-state index contributed by atoms with van der Waals surface area (Å²) in [5.41, 5.74) is 2.66. The number of thiazole rings is 1. The molecule has 1 aromatic heterocycles. The van der Waals surface area contributed by atoms with Crippen LogP contribution in [0.2, 0.25) is 54.4 Å². The Morgan fingerprint density at radius 3 is 1.79 bits per heavy atom. The van der Waals surface area contributed by atoms with Gasteiger partial charge in [0.25, 0.3) is 0 Å². The molecule has 0 saturated carbocycles. The van der Waals surface area contributed by atoms with Crippen LogP contribution in [0.25, 0.3) is 6.08 Å². The Balaban J connectivity index is 3.47. The number of carbonyl (C=O) groups is 2. The van der Waals surface area contributed by atoms with Crippen molar-refractivity contribution in [1.29, 1.82) is 0 Å². The molecule has 5 atom stereocenters. The fraction of sp³-hybridized carbons (Fsp3) is 0.766. The Kier molecular flexibility index (Phi) is 19.8. The van der Waals surface area contributed by atoms with E-state index in [1.54, 1.807) is 11.3 Å². The van der Waals surface area contributed by atoms with Crippen LogP contribution in [0.1, 0.15) is 146 Å². The number of aryl methyl sites for hydroxylation is 1. The number of rotatable bonds is 23. The SMILES string of the molecule is C=CC[C@@H](C(=O)C(C)(C)[C@H](CC=O)O[Si](C)(C)C(C)(C)C)[C@@H](O[Si](C)(C)C(C)(C)C)[C@@H](C)CCC/C(C)=C/C[C@H](O[Si](C)(C)C(C)(C)C)/C(C)=C/c1csc(C)n1. The number of aromatic nitrogens is 1. The van der Waals surface area contributed by atoms with Gasteiger partial charge in [-0.25, -0.2) is 4.98 Å². The number of aldehydes is 1. The lowest BCUT2D eigenvalue weighted by atomic mass is 9.71. The summed E-state index contributed by atoms with van der Waals surface area (Å²) in [6, 6.07) is 0. The predicted molar refractivity (Wildman–Crippen MR) is 256 cm³/mol. The van der Waals surface area contributed by atoms with Crippen LogP contribution in [-0.2, 0) is 22.9 Å². The second-order valence-corrected chi connectivity index (χ2v) is 37.4.